The van der Waals surface area contributed by atoms with Gasteiger partial charge in [0.2, 0.25) is 10.0 Å². The van der Waals surface area contributed by atoms with Crippen molar-refractivity contribution >= 4 is 37.5 Å². The number of hydrogen-bond acceptors (Lipinski definition) is 7. The van der Waals surface area contributed by atoms with Gasteiger partial charge in [0.25, 0.3) is 11.1 Å². The second-order valence-electron chi connectivity index (χ2n) is 8.09. The van der Waals surface area contributed by atoms with Crippen LogP contribution in [0.5, 0.6) is 10.9 Å². The summed E-state index contributed by atoms with van der Waals surface area (Å²) in [6.45, 7) is -0.891. The third-order valence-electron chi connectivity index (χ3n) is 5.40. The van der Waals surface area contributed by atoms with E-state index in [-0.39, 0.29) is 18.9 Å². The molecule has 1 aromatic heterocycles. The average Bonchev–Trinajstić information content (AvgIpc) is 3.22. The molecule has 15 heteroatoms. The largest absolute Gasteiger partial charge is 0.431 e. The first-order chi connectivity index (χ1) is 17.1. The van der Waals surface area contributed by atoms with Crippen LogP contribution in [0.25, 0.3) is 10.2 Å². The van der Waals surface area contributed by atoms with Gasteiger partial charge in [0.1, 0.15) is 5.75 Å². The molecule has 4 rings (SSSR count). The highest BCUT2D eigenvalue weighted by atomic mass is 32.2. The quantitative estimate of drug-likeness (QED) is 0.328. The number of rotatable bonds is 7. The minimum Gasteiger partial charge on any atom is -0.431 e. The van der Waals surface area contributed by atoms with Crippen molar-refractivity contribution in [1.29, 1.82) is 0 Å². The number of carbonyl (C=O) groups excluding carboxylic acids is 1. The molecule has 1 atom stereocenters. The average molecular weight is 566 g/mol. The number of nitrogens with zero attached hydrogens (tertiary/aromatic N) is 2. The molecule has 0 aliphatic carbocycles. The molecule has 0 saturated carbocycles. The van der Waals surface area contributed by atoms with E-state index in [1.807, 2.05) is 24.3 Å². The number of benzene rings is 2. The second-order valence-corrected chi connectivity index (χ2v) is 10.8. The van der Waals surface area contributed by atoms with Crippen molar-refractivity contribution in [3.05, 3.63) is 66.1 Å². The number of ether oxygens (including phenoxy) is 1. The molecule has 1 N–H and O–H groups in total. The number of hydrogen-bond donors (Lipinski definition) is 1. The van der Waals surface area contributed by atoms with Crippen LogP contribution in [-0.2, 0) is 21.2 Å². The predicted molar refractivity (Wildman–Crippen MR) is 122 cm³/mol. The van der Waals surface area contributed by atoms with Crippen LogP contribution in [0.2, 0.25) is 0 Å². The molecule has 0 bridgehead atoms. The van der Waals surface area contributed by atoms with Crippen molar-refractivity contribution in [3.8, 4) is 10.9 Å². The Bertz CT molecular complexity index is 1440. The van der Waals surface area contributed by atoms with Crippen LogP contribution in [0.3, 0.4) is 0 Å². The van der Waals surface area contributed by atoms with Gasteiger partial charge in [0.05, 0.1) is 16.5 Å². The molecule has 37 heavy (non-hydrogen) atoms. The maximum absolute atomic E-state index is 14.8. The van der Waals surface area contributed by atoms with Crippen LogP contribution in [0.15, 0.2) is 60.6 Å². The zero-order chi connectivity index (χ0) is 27.2. The molecular weight excluding hydrogens is 548 g/mol. The molecule has 1 aliphatic rings. The molecular formula is C22H17F6N3O4S2. The van der Waals surface area contributed by atoms with Gasteiger partial charge in [-0.2, -0.15) is 17.6 Å². The van der Waals surface area contributed by atoms with Crippen molar-refractivity contribution in [1.82, 2.24) is 14.6 Å². The lowest BCUT2D eigenvalue weighted by Crippen LogP contribution is -2.70. The minimum absolute atomic E-state index is 0.260. The van der Waals surface area contributed by atoms with Gasteiger partial charge in [0.15, 0.2) is 5.83 Å². The van der Waals surface area contributed by atoms with Crippen LogP contribution in [0.4, 0.5) is 26.3 Å². The number of thiazole rings is 1. The Balaban J connectivity index is 1.48. The van der Waals surface area contributed by atoms with Gasteiger partial charge in [-0.1, -0.05) is 35.6 Å². The topological polar surface area (TPSA) is 88.6 Å². The fourth-order valence-corrected chi connectivity index (χ4v) is 4.82. The number of nitrogens with one attached hydrogen (secondary N) is 1. The van der Waals surface area contributed by atoms with Gasteiger partial charge in [-0.3, -0.25) is 4.79 Å². The van der Waals surface area contributed by atoms with E-state index in [0.29, 0.717) is 16.5 Å². The smallest absolute Gasteiger partial charge is 0.392 e. The number of para-hydroxylation sites is 1. The monoisotopic (exact) mass is 565 g/mol. The highest BCUT2D eigenvalue weighted by molar-refractivity contribution is 7.89. The van der Waals surface area contributed by atoms with E-state index in [0.717, 1.165) is 14.9 Å². The Morgan fingerprint density at radius 2 is 1.73 bits per heavy atom. The lowest BCUT2D eigenvalue weighted by molar-refractivity contribution is -0.317. The van der Waals surface area contributed by atoms with Crippen LogP contribution in [0, 0.1) is 0 Å². The third-order valence-corrected chi connectivity index (χ3v) is 6.88. The molecule has 0 saturated heterocycles. The number of amides is 1. The summed E-state index contributed by atoms with van der Waals surface area (Å²) in [5.74, 6) is -10.9. The van der Waals surface area contributed by atoms with E-state index in [1.165, 1.54) is 35.6 Å². The van der Waals surface area contributed by atoms with Crippen LogP contribution >= 0.6 is 11.3 Å². The molecule has 0 spiro atoms. The van der Waals surface area contributed by atoms with E-state index in [2.05, 4.69) is 4.98 Å². The molecule has 7 nitrogen and oxygen atoms in total. The molecule has 3 aromatic rings. The van der Waals surface area contributed by atoms with Crippen LogP contribution < -0.4 is 9.46 Å². The summed E-state index contributed by atoms with van der Waals surface area (Å²) in [6.07, 6.45) is -0.272. The van der Waals surface area contributed by atoms with Crippen molar-refractivity contribution in [2.45, 2.75) is 24.1 Å². The van der Waals surface area contributed by atoms with E-state index in [4.69, 9.17) is 4.74 Å². The molecule has 1 amide bonds. The van der Waals surface area contributed by atoms with Crippen LogP contribution in [-0.4, -0.2) is 54.6 Å². The molecule has 1 aliphatic heterocycles. The zero-order valence-corrected chi connectivity index (χ0v) is 20.4. The summed E-state index contributed by atoms with van der Waals surface area (Å²) >= 11 is 1.30. The highest BCUT2D eigenvalue weighted by Crippen LogP contribution is 2.53. The summed E-state index contributed by atoms with van der Waals surface area (Å²) in [7, 11) is -4.65. The lowest BCUT2D eigenvalue weighted by atomic mass is 9.89. The standard InChI is InChI=1S/C22H17F6N3O4S2/c1-37(33,34)30-18(32)20(24)17(23)12-31(22(27,28)21(20,25)26)11-10-13-6-8-14(9-7-13)35-19-29-15-4-2-3-5-16(15)36-19/h2-9,12H,10-11H2,1H3,(H,30,32). The number of fused-ring (bicyclic) bond motifs is 1. The highest BCUT2D eigenvalue weighted by Gasteiger charge is 2.79. The number of carbonyl (C=O) groups is 1. The zero-order valence-electron chi connectivity index (χ0n) is 18.7. The van der Waals surface area contributed by atoms with E-state index in [1.54, 1.807) is 0 Å². The third kappa shape index (κ3) is 4.84. The lowest BCUT2D eigenvalue weighted by Gasteiger charge is -2.44. The van der Waals surface area contributed by atoms with Gasteiger partial charge in [-0.05, 0) is 36.2 Å². The van der Waals surface area contributed by atoms with E-state index < -0.39 is 50.8 Å². The van der Waals surface area contributed by atoms with Crippen molar-refractivity contribution in [3.63, 3.8) is 0 Å². The van der Waals surface area contributed by atoms with Gasteiger partial charge < -0.3 is 9.64 Å². The summed E-state index contributed by atoms with van der Waals surface area (Å²) < 4.78 is 117. The van der Waals surface area contributed by atoms with E-state index in [9.17, 15) is 39.6 Å². The number of alkyl halides is 5. The Morgan fingerprint density at radius 3 is 2.35 bits per heavy atom. The normalized spacial score (nSPS) is 20.9. The molecule has 1 unspecified atom stereocenters. The summed E-state index contributed by atoms with van der Waals surface area (Å²) in [6, 6.07) is 7.87. The minimum atomic E-state index is -5.94. The van der Waals surface area contributed by atoms with Gasteiger partial charge in [-0.25, -0.2) is 26.9 Å². The fraction of sp³-hybridized carbons (Fsp3) is 0.273. The Morgan fingerprint density at radius 1 is 1.08 bits per heavy atom. The summed E-state index contributed by atoms with van der Waals surface area (Å²) in [5, 5.41) is 0.361. The van der Waals surface area contributed by atoms with Crippen molar-refractivity contribution in [2.75, 3.05) is 12.8 Å². The molecule has 0 radical (unpaired) electrons. The Kier molecular flexibility index (Phi) is 6.65. The first-order valence-corrected chi connectivity index (χ1v) is 13.1. The Labute approximate surface area is 210 Å². The SMILES string of the molecule is CS(=O)(=O)NC(=O)C1(F)C(F)=CN(CCc2ccc(Oc3nc4ccccc4s3)cc2)C(F)(F)C1(F)F. The van der Waals surface area contributed by atoms with Gasteiger partial charge >= 0.3 is 17.6 Å². The predicted octanol–water partition coefficient (Wildman–Crippen LogP) is 4.77. The summed E-state index contributed by atoms with van der Waals surface area (Å²) in [5.41, 5.74) is -4.13. The van der Waals surface area contributed by atoms with Gasteiger partial charge in [0, 0.05) is 12.7 Å². The summed E-state index contributed by atoms with van der Waals surface area (Å²) in [4.78, 5) is 15.6. The maximum Gasteiger partial charge on any atom is 0.392 e. The second kappa shape index (κ2) is 9.20. The first-order valence-electron chi connectivity index (χ1n) is 10.4. The number of aromatic nitrogens is 1. The fourth-order valence-electron chi connectivity index (χ4n) is 3.51. The molecule has 2 aromatic carbocycles. The Hall–Kier alpha value is -3.33. The van der Waals surface area contributed by atoms with E-state index >= 15 is 0 Å². The first kappa shape index (κ1) is 26.7. The van der Waals surface area contributed by atoms with Crippen molar-refractivity contribution in [2.24, 2.45) is 0 Å². The molecule has 198 valence electrons. The molecule has 0 fully saturated rings. The van der Waals surface area contributed by atoms with Crippen molar-refractivity contribution < 1.29 is 44.3 Å². The van der Waals surface area contributed by atoms with Crippen LogP contribution in [0.1, 0.15) is 5.56 Å². The molecule has 2 heterocycles. The number of sulfonamides is 1. The number of halogens is 6. The maximum atomic E-state index is 14.8. The van der Waals surface area contributed by atoms with Gasteiger partial charge in [-0.15, -0.1) is 0 Å².